The Morgan fingerprint density at radius 2 is 1.68 bits per heavy atom. The van der Waals surface area contributed by atoms with Crippen molar-refractivity contribution in [3.63, 3.8) is 0 Å². The summed E-state index contributed by atoms with van der Waals surface area (Å²) in [5, 5.41) is 3.13. The van der Waals surface area contributed by atoms with Gasteiger partial charge in [-0.25, -0.2) is 0 Å². The minimum absolute atomic E-state index is 0.155. The van der Waals surface area contributed by atoms with Crippen LogP contribution in [0.3, 0.4) is 0 Å². The maximum absolute atomic E-state index is 12.7. The minimum Gasteiger partial charge on any atom is -0.343 e. The van der Waals surface area contributed by atoms with Crippen LogP contribution in [0.2, 0.25) is 0 Å². The lowest BCUT2D eigenvalue weighted by molar-refractivity contribution is -0.142. The molecule has 1 amide bonds. The monoisotopic (exact) mass is 290 g/mol. The number of hydrogen-bond donors (Lipinski definition) is 1. The van der Waals surface area contributed by atoms with Crippen molar-refractivity contribution in [2.45, 2.75) is 19.4 Å². The van der Waals surface area contributed by atoms with E-state index >= 15 is 0 Å². The van der Waals surface area contributed by atoms with E-state index in [0.29, 0.717) is 39.3 Å². The highest BCUT2D eigenvalue weighted by Gasteiger charge is 2.48. The first-order valence-electron chi connectivity index (χ1n) is 6.52. The van der Waals surface area contributed by atoms with Gasteiger partial charge in [0.2, 0.25) is 5.91 Å². The van der Waals surface area contributed by atoms with Gasteiger partial charge in [0.25, 0.3) is 10.2 Å². The Bertz CT molecular complexity index is 457. The molecule has 8 heteroatoms. The Balaban J connectivity index is 2.26. The summed E-state index contributed by atoms with van der Waals surface area (Å²) in [6, 6.07) is 0. The molecule has 19 heavy (non-hydrogen) atoms. The summed E-state index contributed by atoms with van der Waals surface area (Å²) in [4.78, 5) is 13.8. The second kappa shape index (κ2) is 5.01. The first-order valence-corrected chi connectivity index (χ1v) is 7.92. The van der Waals surface area contributed by atoms with E-state index in [9.17, 15) is 13.2 Å². The molecule has 2 saturated heterocycles. The molecule has 0 aromatic carbocycles. The van der Waals surface area contributed by atoms with Crippen molar-refractivity contribution in [2.75, 3.05) is 46.3 Å². The van der Waals surface area contributed by atoms with Crippen LogP contribution < -0.4 is 5.32 Å². The zero-order chi connectivity index (χ0) is 14.3. The first-order chi connectivity index (χ1) is 8.78. The van der Waals surface area contributed by atoms with E-state index in [1.54, 1.807) is 25.8 Å². The van der Waals surface area contributed by atoms with Gasteiger partial charge in [0.15, 0.2) is 0 Å². The number of amides is 1. The molecule has 0 aliphatic carbocycles. The van der Waals surface area contributed by atoms with Crippen molar-refractivity contribution in [1.29, 1.82) is 0 Å². The van der Waals surface area contributed by atoms with Gasteiger partial charge in [-0.3, -0.25) is 4.79 Å². The quantitative estimate of drug-likeness (QED) is 0.685. The number of piperazine rings is 2. The molecular formula is C11H22N4O3S. The average molecular weight is 290 g/mol. The smallest absolute Gasteiger partial charge is 0.283 e. The van der Waals surface area contributed by atoms with Crippen LogP contribution in [0.5, 0.6) is 0 Å². The lowest BCUT2D eigenvalue weighted by Gasteiger charge is -2.45. The summed E-state index contributed by atoms with van der Waals surface area (Å²) in [5.74, 6) is -0.155. The van der Waals surface area contributed by atoms with Crippen LogP contribution in [0.15, 0.2) is 0 Å². The predicted octanol–water partition coefficient (Wildman–Crippen LogP) is -1.31. The summed E-state index contributed by atoms with van der Waals surface area (Å²) in [6.45, 7) is 6.35. The molecule has 2 rings (SSSR count). The van der Waals surface area contributed by atoms with Gasteiger partial charge in [-0.15, -0.1) is 0 Å². The molecule has 2 aliphatic heterocycles. The molecule has 0 saturated carbocycles. The lowest BCUT2D eigenvalue weighted by Crippen LogP contribution is -2.66. The standard InChI is InChI=1S/C11H22N4O3S/c1-11(2)10(16)13(3)8-9-15(11)19(17,18)14-6-4-12-5-7-14/h12H,4-9H2,1-3H3. The van der Waals surface area contributed by atoms with Gasteiger partial charge < -0.3 is 10.2 Å². The van der Waals surface area contributed by atoms with Crippen molar-refractivity contribution < 1.29 is 13.2 Å². The highest BCUT2D eigenvalue weighted by molar-refractivity contribution is 7.86. The molecule has 2 heterocycles. The Hall–Kier alpha value is -0.700. The number of carbonyl (C=O) groups is 1. The van der Waals surface area contributed by atoms with E-state index in [1.807, 2.05) is 0 Å². The maximum Gasteiger partial charge on any atom is 0.283 e. The molecule has 0 aromatic heterocycles. The summed E-state index contributed by atoms with van der Waals surface area (Å²) in [7, 11) is -1.86. The van der Waals surface area contributed by atoms with E-state index in [4.69, 9.17) is 0 Å². The molecule has 2 fully saturated rings. The number of carbonyl (C=O) groups excluding carboxylic acids is 1. The van der Waals surface area contributed by atoms with E-state index in [1.165, 1.54) is 8.61 Å². The van der Waals surface area contributed by atoms with Gasteiger partial charge >= 0.3 is 0 Å². The fourth-order valence-corrected chi connectivity index (χ4v) is 4.50. The normalized spacial score (nSPS) is 26.7. The van der Waals surface area contributed by atoms with Gasteiger partial charge in [0.1, 0.15) is 5.54 Å². The third kappa shape index (κ3) is 2.49. The highest BCUT2D eigenvalue weighted by Crippen LogP contribution is 2.26. The van der Waals surface area contributed by atoms with Crippen LogP contribution in [-0.2, 0) is 15.0 Å². The number of nitrogens with zero attached hydrogens (tertiary/aromatic N) is 3. The third-order valence-corrected chi connectivity index (χ3v) is 6.03. The molecule has 110 valence electrons. The SMILES string of the molecule is CN1CCN(S(=O)(=O)N2CCNCC2)C(C)(C)C1=O. The molecule has 2 aliphatic rings. The summed E-state index contributed by atoms with van der Waals surface area (Å²) in [6.07, 6.45) is 0. The van der Waals surface area contributed by atoms with Crippen LogP contribution in [0.25, 0.3) is 0 Å². The van der Waals surface area contributed by atoms with Crippen LogP contribution in [0, 0.1) is 0 Å². The topological polar surface area (TPSA) is 73.0 Å². The van der Waals surface area contributed by atoms with Crippen molar-refractivity contribution in [1.82, 2.24) is 18.8 Å². The van der Waals surface area contributed by atoms with Crippen LogP contribution in [-0.4, -0.2) is 79.7 Å². The summed E-state index contributed by atoms with van der Waals surface area (Å²) in [5.41, 5.74) is -1.02. The van der Waals surface area contributed by atoms with E-state index in [0.717, 1.165) is 0 Å². The number of nitrogens with one attached hydrogen (secondary N) is 1. The number of likely N-dealkylation sites (N-methyl/N-ethyl adjacent to an activating group) is 1. The largest absolute Gasteiger partial charge is 0.343 e. The van der Waals surface area contributed by atoms with E-state index in [-0.39, 0.29) is 5.91 Å². The second-order valence-electron chi connectivity index (χ2n) is 5.51. The minimum atomic E-state index is -3.57. The van der Waals surface area contributed by atoms with E-state index < -0.39 is 15.7 Å². The van der Waals surface area contributed by atoms with Crippen LogP contribution in [0.1, 0.15) is 13.8 Å². The average Bonchev–Trinajstić information content (AvgIpc) is 2.37. The molecule has 0 atom stereocenters. The number of rotatable bonds is 2. The van der Waals surface area contributed by atoms with Gasteiger partial charge in [0, 0.05) is 46.3 Å². The third-order valence-electron chi connectivity index (χ3n) is 3.81. The van der Waals surface area contributed by atoms with Gasteiger partial charge in [-0.2, -0.15) is 17.0 Å². The maximum atomic E-state index is 12.7. The molecule has 0 radical (unpaired) electrons. The van der Waals surface area contributed by atoms with Gasteiger partial charge in [0.05, 0.1) is 0 Å². The molecule has 0 spiro atoms. The second-order valence-corrected chi connectivity index (χ2v) is 7.37. The zero-order valence-corrected chi connectivity index (χ0v) is 12.5. The number of hydrogen-bond acceptors (Lipinski definition) is 4. The fraction of sp³-hybridized carbons (Fsp3) is 0.909. The highest BCUT2D eigenvalue weighted by atomic mass is 32.2. The van der Waals surface area contributed by atoms with Gasteiger partial charge in [-0.1, -0.05) is 0 Å². The lowest BCUT2D eigenvalue weighted by atomic mass is 10.0. The fourth-order valence-electron chi connectivity index (χ4n) is 2.61. The van der Waals surface area contributed by atoms with Crippen molar-refractivity contribution in [2.24, 2.45) is 0 Å². The Labute approximate surface area is 114 Å². The van der Waals surface area contributed by atoms with Crippen LogP contribution in [0.4, 0.5) is 0 Å². The summed E-state index contributed by atoms with van der Waals surface area (Å²) >= 11 is 0. The van der Waals surface area contributed by atoms with Crippen molar-refractivity contribution in [3.8, 4) is 0 Å². The van der Waals surface area contributed by atoms with Gasteiger partial charge in [-0.05, 0) is 13.8 Å². The van der Waals surface area contributed by atoms with Crippen LogP contribution >= 0.6 is 0 Å². The van der Waals surface area contributed by atoms with Crippen molar-refractivity contribution >= 4 is 16.1 Å². The predicted molar refractivity (Wildman–Crippen MR) is 71.8 cm³/mol. The zero-order valence-electron chi connectivity index (χ0n) is 11.7. The molecule has 0 unspecified atom stereocenters. The molecule has 0 aromatic rings. The summed E-state index contributed by atoms with van der Waals surface area (Å²) < 4.78 is 28.1. The first kappa shape index (κ1) is 14.7. The Kier molecular flexibility index (Phi) is 3.87. The Morgan fingerprint density at radius 1 is 1.11 bits per heavy atom. The molecule has 7 nitrogen and oxygen atoms in total. The molecule has 1 N–H and O–H groups in total. The molecule has 0 bridgehead atoms. The van der Waals surface area contributed by atoms with Crippen molar-refractivity contribution in [3.05, 3.63) is 0 Å². The van der Waals surface area contributed by atoms with E-state index in [2.05, 4.69) is 5.32 Å². The molecular weight excluding hydrogens is 268 g/mol. The Morgan fingerprint density at radius 3 is 2.26 bits per heavy atom.